The van der Waals surface area contributed by atoms with Crippen LogP contribution in [0.15, 0.2) is 23.2 Å². The summed E-state index contributed by atoms with van der Waals surface area (Å²) in [5.74, 6) is 1.54. The van der Waals surface area contributed by atoms with Crippen LogP contribution >= 0.6 is 24.0 Å². The molecule has 1 aliphatic carbocycles. The Bertz CT molecular complexity index is 620. The predicted molar refractivity (Wildman–Crippen MR) is 123 cm³/mol. The fourth-order valence-corrected chi connectivity index (χ4v) is 3.94. The third-order valence-electron chi connectivity index (χ3n) is 5.19. The Balaban J connectivity index is 0.00000261. The second-order valence-corrected chi connectivity index (χ2v) is 7.91. The van der Waals surface area contributed by atoms with Crippen molar-refractivity contribution in [2.75, 3.05) is 39.8 Å². The van der Waals surface area contributed by atoms with E-state index in [1.165, 1.54) is 36.0 Å². The summed E-state index contributed by atoms with van der Waals surface area (Å²) in [4.78, 5) is 6.85. The summed E-state index contributed by atoms with van der Waals surface area (Å²) in [6, 6.07) is 6.86. The maximum atomic E-state index is 5.91. The first-order valence-electron chi connectivity index (χ1n) is 10.0. The van der Waals surface area contributed by atoms with Crippen LogP contribution in [0.1, 0.15) is 37.0 Å². The van der Waals surface area contributed by atoms with Gasteiger partial charge < -0.3 is 15.4 Å². The zero-order valence-electron chi connectivity index (χ0n) is 17.0. The molecular formula is C21H35IN4O. The number of aliphatic imine (C=N–C) groups is 1. The van der Waals surface area contributed by atoms with Crippen molar-refractivity contribution < 1.29 is 4.74 Å². The summed E-state index contributed by atoms with van der Waals surface area (Å²) in [5, 5.41) is 6.85. The van der Waals surface area contributed by atoms with Gasteiger partial charge in [0.1, 0.15) is 0 Å². The lowest BCUT2D eigenvalue weighted by Gasteiger charge is -2.34. The van der Waals surface area contributed by atoms with E-state index in [1.54, 1.807) is 0 Å². The van der Waals surface area contributed by atoms with Gasteiger partial charge in [0.2, 0.25) is 0 Å². The smallest absolute Gasteiger partial charge is 0.191 e. The highest BCUT2D eigenvalue weighted by atomic mass is 127. The number of aryl methyl sites for hydroxylation is 2. The lowest BCUT2D eigenvalue weighted by atomic mass is 10.1. The predicted octanol–water partition coefficient (Wildman–Crippen LogP) is 2.82. The van der Waals surface area contributed by atoms with Crippen LogP contribution < -0.4 is 10.6 Å². The molecule has 0 radical (unpaired) electrons. The molecule has 2 aliphatic rings. The van der Waals surface area contributed by atoms with Gasteiger partial charge in [-0.3, -0.25) is 9.89 Å². The van der Waals surface area contributed by atoms with Crippen LogP contribution in [0.2, 0.25) is 0 Å². The zero-order valence-corrected chi connectivity index (χ0v) is 19.3. The summed E-state index contributed by atoms with van der Waals surface area (Å²) >= 11 is 0. The van der Waals surface area contributed by atoms with Crippen LogP contribution in [0.5, 0.6) is 0 Å². The molecule has 1 heterocycles. The highest BCUT2D eigenvalue weighted by Gasteiger charge is 2.21. The Kier molecular flexibility index (Phi) is 9.32. The van der Waals surface area contributed by atoms with E-state index in [1.807, 2.05) is 7.05 Å². The standard InChI is InChI=1S/C21H34N4O.HI/c1-16(2)14-25-9-10-26-20(15-25)13-24-21(22-3)23-12-17-7-8-18-5-4-6-19(18)11-17;/h7-8,11,16,20H,4-6,9-10,12-15H2,1-3H3,(H2,22,23,24);1H. The number of benzene rings is 1. The molecule has 0 bridgehead atoms. The number of halogens is 1. The molecule has 2 N–H and O–H groups in total. The summed E-state index contributed by atoms with van der Waals surface area (Å²) < 4.78 is 5.91. The number of fused-ring (bicyclic) bond motifs is 1. The first-order chi connectivity index (χ1) is 12.6. The van der Waals surface area contributed by atoms with Crippen LogP contribution in [0.25, 0.3) is 0 Å². The molecule has 152 valence electrons. The molecule has 1 unspecified atom stereocenters. The molecule has 3 rings (SSSR count). The molecule has 5 nitrogen and oxygen atoms in total. The zero-order chi connectivity index (χ0) is 18.4. The minimum absolute atomic E-state index is 0. The largest absolute Gasteiger partial charge is 0.374 e. The van der Waals surface area contributed by atoms with E-state index in [0.29, 0.717) is 5.92 Å². The van der Waals surface area contributed by atoms with Crippen LogP contribution in [-0.2, 0) is 24.1 Å². The first kappa shape index (κ1) is 22.4. The SMILES string of the molecule is CN=C(NCc1ccc2c(c1)CCC2)NCC1CN(CC(C)C)CCO1.I. The maximum absolute atomic E-state index is 5.91. The molecule has 1 fully saturated rings. The van der Waals surface area contributed by atoms with Crippen LogP contribution in [-0.4, -0.2) is 56.8 Å². The van der Waals surface area contributed by atoms with E-state index in [4.69, 9.17) is 4.74 Å². The van der Waals surface area contributed by atoms with Crippen molar-refractivity contribution in [1.82, 2.24) is 15.5 Å². The average Bonchev–Trinajstić information content (AvgIpc) is 3.09. The van der Waals surface area contributed by atoms with Gasteiger partial charge in [0.15, 0.2) is 5.96 Å². The molecule has 1 atom stereocenters. The topological polar surface area (TPSA) is 48.9 Å². The van der Waals surface area contributed by atoms with Gasteiger partial charge in [0, 0.05) is 39.8 Å². The van der Waals surface area contributed by atoms with Gasteiger partial charge in [-0.1, -0.05) is 32.0 Å². The summed E-state index contributed by atoms with van der Waals surface area (Å²) in [6.07, 6.45) is 3.98. The van der Waals surface area contributed by atoms with Crippen molar-refractivity contribution in [3.63, 3.8) is 0 Å². The quantitative estimate of drug-likeness (QED) is 0.369. The summed E-state index contributed by atoms with van der Waals surface area (Å²) in [6.45, 7) is 10.1. The minimum Gasteiger partial charge on any atom is -0.374 e. The first-order valence-corrected chi connectivity index (χ1v) is 10.0. The molecular weight excluding hydrogens is 451 g/mol. The lowest BCUT2D eigenvalue weighted by molar-refractivity contribution is -0.0284. The van der Waals surface area contributed by atoms with E-state index in [2.05, 4.69) is 52.6 Å². The highest BCUT2D eigenvalue weighted by Crippen LogP contribution is 2.22. The lowest BCUT2D eigenvalue weighted by Crippen LogP contribution is -2.50. The second kappa shape index (κ2) is 11.2. The second-order valence-electron chi connectivity index (χ2n) is 7.91. The Labute approximate surface area is 181 Å². The molecule has 0 saturated carbocycles. The maximum Gasteiger partial charge on any atom is 0.191 e. The van der Waals surface area contributed by atoms with Gasteiger partial charge in [-0.2, -0.15) is 0 Å². The molecule has 0 amide bonds. The molecule has 0 aromatic heterocycles. The minimum atomic E-state index is 0. The molecule has 1 saturated heterocycles. The van der Waals surface area contributed by atoms with Crippen molar-refractivity contribution >= 4 is 29.9 Å². The van der Waals surface area contributed by atoms with Gasteiger partial charge in [0.05, 0.1) is 12.7 Å². The van der Waals surface area contributed by atoms with Crippen LogP contribution in [0, 0.1) is 5.92 Å². The Morgan fingerprint density at radius 3 is 2.85 bits per heavy atom. The molecule has 1 aromatic rings. The van der Waals surface area contributed by atoms with E-state index >= 15 is 0 Å². The number of hydrogen-bond donors (Lipinski definition) is 2. The fraction of sp³-hybridized carbons (Fsp3) is 0.667. The number of morpholine rings is 1. The molecule has 1 aliphatic heterocycles. The van der Waals surface area contributed by atoms with Crippen molar-refractivity contribution in [3.8, 4) is 0 Å². The molecule has 27 heavy (non-hydrogen) atoms. The molecule has 0 spiro atoms. The van der Waals surface area contributed by atoms with E-state index < -0.39 is 0 Å². The number of nitrogens with zero attached hydrogens (tertiary/aromatic N) is 2. The van der Waals surface area contributed by atoms with Gasteiger partial charge in [-0.15, -0.1) is 24.0 Å². The number of guanidine groups is 1. The fourth-order valence-electron chi connectivity index (χ4n) is 3.94. The van der Waals surface area contributed by atoms with Crippen molar-refractivity contribution in [1.29, 1.82) is 0 Å². The van der Waals surface area contributed by atoms with Crippen LogP contribution in [0.4, 0.5) is 0 Å². The average molecular weight is 486 g/mol. The Morgan fingerprint density at radius 1 is 1.26 bits per heavy atom. The van der Waals surface area contributed by atoms with Crippen molar-refractivity contribution in [3.05, 3.63) is 34.9 Å². The normalized spacial score (nSPS) is 20.3. The van der Waals surface area contributed by atoms with E-state index in [9.17, 15) is 0 Å². The van der Waals surface area contributed by atoms with Gasteiger partial charge in [-0.05, 0) is 41.9 Å². The number of nitrogens with one attached hydrogen (secondary N) is 2. The van der Waals surface area contributed by atoms with Crippen LogP contribution in [0.3, 0.4) is 0 Å². The monoisotopic (exact) mass is 486 g/mol. The third kappa shape index (κ3) is 6.91. The number of ether oxygens (including phenoxy) is 1. The molecule has 6 heteroatoms. The highest BCUT2D eigenvalue weighted by molar-refractivity contribution is 14.0. The van der Waals surface area contributed by atoms with Gasteiger partial charge in [-0.25, -0.2) is 0 Å². The van der Waals surface area contributed by atoms with E-state index in [0.717, 1.165) is 45.3 Å². The summed E-state index contributed by atoms with van der Waals surface area (Å²) in [5.41, 5.74) is 4.37. The van der Waals surface area contributed by atoms with E-state index in [-0.39, 0.29) is 30.1 Å². The molecule has 1 aromatic carbocycles. The van der Waals surface area contributed by atoms with Crippen molar-refractivity contribution in [2.45, 2.75) is 45.8 Å². The van der Waals surface area contributed by atoms with Gasteiger partial charge >= 0.3 is 0 Å². The Morgan fingerprint density at radius 2 is 2.07 bits per heavy atom. The van der Waals surface area contributed by atoms with Crippen molar-refractivity contribution in [2.24, 2.45) is 10.9 Å². The number of rotatable bonds is 6. The Hall–Kier alpha value is -0.860. The third-order valence-corrected chi connectivity index (χ3v) is 5.19. The number of hydrogen-bond acceptors (Lipinski definition) is 3. The van der Waals surface area contributed by atoms with Gasteiger partial charge in [0.25, 0.3) is 0 Å². The summed E-state index contributed by atoms with van der Waals surface area (Å²) in [7, 11) is 1.82.